The fourth-order valence-corrected chi connectivity index (χ4v) is 4.33. The average molecular weight is 296 g/mol. The molecule has 2 rings (SSSR count). The van der Waals surface area contributed by atoms with Gasteiger partial charge in [-0.3, -0.25) is 4.79 Å². The second-order valence-corrected chi connectivity index (χ2v) is 7.65. The summed E-state index contributed by atoms with van der Waals surface area (Å²) in [6, 6.07) is 5.45. The molecule has 0 aliphatic carbocycles. The van der Waals surface area contributed by atoms with Gasteiger partial charge in [0, 0.05) is 12.2 Å². The van der Waals surface area contributed by atoms with Crippen LogP contribution in [0.25, 0.3) is 0 Å². The summed E-state index contributed by atoms with van der Waals surface area (Å²) >= 11 is 0. The molecule has 6 heteroatoms. The number of rotatable bonds is 4. The van der Waals surface area contributed by atoms with Crippen LogP contribution in [-0.4, -0.2) is 32.4 Å². The lowest BCUT2D eigenvalue weighted by molar-refractivity contribution is 0.100. The van der Waals surface area contributed by atoms with Crippen LogP contribution in [0.3, 0.4) is 0 Å². The molecule has 20 heavy (non-hydrogen) atoms. The van der Waals surface area contributed by atoms with Crippen molar-refractivity contribution in [3.8, 4) is 0 Å². The summed E-state index contributed by atoms with van der Waals surface area (Å²) in [5.74, 6) is 0.126. The minimum atomic E-state index is -2.90. The van der Waals surface area contributed by atoms with E-state index in [0.717, 1.165) is 12.0 Å². The van der Waals surface area contributed by atoms with E-state index in [4.69, 9.17) is 5.73 Å². The van der Waals surface area contributed by atoms with E-state index in [9.17, 15) is 13.2 Å². The topological polar surface area (TPSA) is 89.3 Å². The van der Waals surface area contributed by atoms with E-state index < -0.39 is 15.7 Å². The molecule has 5 nitrogen and oxygen atoms in total. The van der Waals surface area contributed by atoms with E-state index >= 15 is 0 Å². The molecule has 1 aliphatic heterocycles. The maximum Gasteiger partial charge on any atom is 0.250 e. The number of anilines is 1. The Balaban J connectivity index is 2.06. The Morgan fingerprint density at radius 2 is 2.20 bits per heavy atom. The normalized spacial score (nSPS) is 21.4. The van der Waals surface area contributed by atoms with Crippen LogP contribution in [0.2, 0.25) is 0 Å². The zero-order valence-electron chi connectivity index (χ0n) is 11.6. The predicted molar refractivity (Wildman–Crippen MR) is 79.6 cm³/mol. The number of carbonyl (C=O) groups excluding carboxylic acids is 1. The number of sulfone groups is 1. The molecule has 1 heterocycles. The van der Waals surface area contributed by atoms with E-state index in [-0.39, 0.29) is 11.7 Å². The van der Waals surface area contributed by atoms with Gasteiger partial charge in [0.2, 0.25) is 0 Å². The van der Waals surface area contributed by atoms with Crippen molar-refractivity contribution in [1.29, 1.82) is 0 Å². The predicted octanol–water partition coefficient (Wildman–Crippen LogP) is 1.33. The third-order valence-corrected chi connectivity index (χ3v) is 5.47. The van der Waals surface area contributed by atoms with E-state index in [2.05, 4.69) is 5.32 Å². The molecule has 1 fully saturated rings. The van der Waals surface area contributed by atoms with Crippen LogP contribution in [0, 0.1) is 12.8 Å². The van der Waals surface area contributed by atoms with E-state index in [1.807, 2.05) is 19.1 Å². The molecule has 1 aliphatic rings. The highest BCUT2D eigenvalue weighted by Crippen LogP contribution is 2.21. The molecule has 110 valence electrons. The van der Waals surface area contributed by atoms with Gasteiger partial charge in [-0.25, -0.2) is 8.42 Å². The van der Waals surface area contributed by atoms with Gasteiger partial charge in [0.05, 0.1) is 17.1 Å². The highest BCUT2D eigenvalue weighted by Gasteiger charge is 2.24. The van der Waals surface area contributed by atoms with Gasteiger partial charge in [-0.1, -0.05) is 11.6 Å². The molecule has 3 N–H and O–H groups in total. The Morgan fingerprint density at radius 3 is 2.85 bits per heavy atom. The third kappa shape index (κ3) is 3.72. The van der Waals surface area contributed by atoms with E-state index in [1.165, 1.54) is 0 Å². The van der Waals surface area contributed by atoms with Gasteiger partial charge >= 0.3 is 0 Å². The number of amides is 1. The van der Waals surface area contributed by atoms with Crippen molar-refractivity contribution >= 4 is 21.4 Å². The number of hydrogen-bond acceptors (Lipinski definition) is 4. The first kappa shape index (κ1) is 14.8. The molecule has 1 aromatic carbocycles. The quantitative estimate of drug-likeness (QED) is 0.877. The molecular formula is C14H20N2O3S. The first-order valence-electron chi connectivity index (χ1n) is 6.72. The van der Waals surface area contributed by atoms with Crippen LogP contribution < -0.4 is 11.1 Å². The number of primary amides is 1. The summed E-state index contributed by atoms with van der Waals surface area (Å²) in [7, 11) is -2.90. The monoisotopic (exact) mass is 296 g/mol. The number of carbonyl (C=O) groups is 1. The second-order valence-electron chi connectivity index (χ2n) is 5.42. The highest BCUT2D eigenvalue weighted by molar-refractivity contribution is 7.91. The minimum absolute atomic E-state index is 0.0933. The van der Waals surface area contributed by atoms with Crippen molar-refractivity contribution in [2.24, 2.45) is 11.7 Å². The van der Waals surface area contributed by atoms with Crippen molar-refractivity contribution in [1.82, 2.24) is 0 Å². The summed E-state index contributed by atoms with van der Waals surface area (Å²) in [6.07, 6.45) is 1.61. The van der Waals surface area contributed by atoms with Gasteiger partial charge in [0.15, 0.2) is 9.84 Å². The van der Waals surface area contributed by atoms with Crippen LogP contribution in [0.5, 0.6) is 0 Å². The fourth-order valence-electron chi connectivity index (χ4n) is 2.55. The average Bonchev–Trinajstić information content (AvgIpc) is 2.36. The zero-order chi connectivity index (χ0) is 14.8. The molecule has 0 radical (unpaired) electrons. The van der Waals surface area contributed by atoms with Crippen LogP contribution in [-0.2, 0) is 9.84 Å². The van der Waals surface area contributed by atoms with Crippen molar-refractivity contribution < 1.29 is 13.2 Å². The molecule has 1 aromatic rings. The van der Waals surface area contributed by atoms with Crippen LogP contribution in [0.1, 0.15) is 28.8 Å². The van der Waals surface area contributed by atoms with E-state index in [1.54, 1.807) is 6.07 Å². The smallest absolute Gasteiger partial charge is 0.250 e. The standard InChI is InChI=1S/C14H20N2O3S/c1-10-4-5-13(12(7-10)14(15)17)16-8-11-3-2-6-20(18,19)9-11/h4-5,7,11,16H,2-3,6,8-9H2,1H3,(H2,15,17). The van der Waals surface area contributed by atoms with Gasteiger partial charge in [-0.05, 0) is 37.8 Å². The summed E-state index contributed by atoms with van der Waals surface area (Å²) in [5.41, 5.74) is 7.44. The van der Waals surface area contributed by atoms with Crippen LogP contribution >= 0.6 is 0 Å². The molecule has 0 saturated carbocycles. The minimum Gasteiger partial charge on any atom is -0.384 e. The summed E-state index contributed by atoms with van der Waals surface area (Å²) in [6.45, 7) is 2.44. The Kier molecular flexibility index (Phi) is 4.32. The molecule has 1 amide bonds. The zero-order valence-corrected chi connectivity index (χ0v) is 12.4. The van der Waals surface area contributed by atoms with Crippen LogP contribution in [0.15, 0.2) is 18.2 Å². The van der Waals surface area contributed by atoms with Crippen molar-refractivity contribution in [3.63, 3.8) is 0 Å². The first-order chi connectivity index (χ1) is 9.37. The molecule has 0 spiro atoms. The molecule has 1 atom stereocenters. The van der Waals surface area contributed by atoms with Gasteiger partial charge in [-0.15, -0.1) is 0 Å². The Bertz CT molecular complexity index is 611. The number of nitrogens with two attached hydrogens (primary N) is 1. The maximum absolute atomic E-state index is 11.6. The Hall–Kier alpha value is -1.56. The summed E-state index contributed by atoms with van der Waals surface area (Å²) in [4.78, 5) is 11.4. The molecular weight excluding hydrogens is 276 g/mol. The fraction of sp³-hybridized carbons (Fsp3) is 0.500. The second kappa shape index (κ2) is 5.83. The number of benzene rings is 1. The van der Waals surface area contributed by atoms with Crippen molar-refractivity contribution in [3.05, 3.63) is 29.3 Å². The Morgan fingerprint density at radius 1 is 1.45 bits per heavy atom. The molecule has 1 saturated heterocycles. The lowest BCUT2D eigenvalue weighted by atomic mass is 10.0. The lowest BCUT2D eigenvalue weighted by Crippen LogP contribution is -2.30. The molecule has 0 aromatic heterocycles. The third-order valence-electron chi connectivity index (χ3n) is 3.58. The Labute approximate surface area is 119 Å². The van der Waals surface area contributed by atoms with Crippen LogP contribution in [0.4, 0.5) is 5.69 Å². The molecule has 1 unspecified atom stereocenters. The van der Waals surface area contributed by atoms with Gasteiger partial charge in [0.25, 0.3) is 5.91 Å². The first-order valence-corrected chi connectivity index (χ1v) is 8.54. The summed E-state index contributed by atoms with van der Waals surface area (Å²) < 4.78 is 23.2. The maximum atomic E-state index is 11.6. The van der Waals surface area contributed by atoms with Crippen molar-refractivity contribution in [2.45, 2.75) is 19.8 Å². The SMILES string of the molecule is Cc1ccc(NCC2CCCS(=O)(=O)C2)c(C(N)=O)c1. The number of hydrogen-bond donors (Lipinski definition) is 2. The van der Waals surface area contributed by atoms with Gasteiger partial charge in [0.1, 0.15) is 0 Å². The van der Waals surface area contributed by atoms with Gasteiger partial charge in [-0.2, -0.15) is 0 Å². The number of aryl methyl sites for hydroxylation is 1. The molecule has 0 bridgehead atoms. The number of nitrogens with one attached hydrogen (secondary N) is 1. The van der Waals surface area contributed by atoms with Crippen molar-refractivity contribution in [2.75, 3.05) is 23.4 Å². The van der Waals surface area contributed by atoms with E-state index in [0.29, 0.717) is 30.0 Å². The lowest BCUT2D eigenvalue weighted by Gasteiger charge is -2.23. The van der Waals surface area contributed by atoms with Gasteiger partial charge < -0.3 is 11.1 Å². The largest absolute Gasteiger partial charge is 0.384 e. The summed E-state index contributed by atoms with van der Waals surface area (Å²) in [5, 5.41) is 3.16. The highest BCUT2D eigenvalue weighted by atomic mass is 32.2.